The summed E-state index contributed by atoms with van der Waals surface area (Å²) in [5.74, 6) is -0.675. The Balaban J connectivity index is 2.27. The molecule has 0 aromatic carbocycles. The molecule has 1 atom stereocenters. The highest BCUT2D eigenvalue weighted by Crippen LogP contribution is 2.38. The van der Waals surface area contributed by atoms with Crippen molar-refractivity contribution < 1.29 is 19.7 Å². The lowest BCUT2D eigenvalue weighted by Gasteiger charge is -2.32. The van der Waals surface area contributed by atoms with Crippen molar-refractivity contribution in [3.05, 3.63) is 29.3 Å². The van der Waals surface area contributed by atoms with Gasteiger partial charge in [-0.1, -0.05) is 59.0 Å². The molecule has 2 N–H and O–H groups in total. The van der Waals surface area contributed by atoms with Crippen molar-refractivity contribution in [3.8, 4) is 5.88 Å². The first-order valence-corrected chi connectivity index (χ1v) is 14.6. The van der Waals surface area contributed by atoms with E-state index >= 15 is 0 Å². The zero-order valence-corrected chi connectivity index (χ0v) is 24.1. The summed E-state index contributed by atoms with van der Waals surface area (Å²) < 4.78 is 8.92. The molecule has 1 rings (SSSR count). The normalized spacial score (nSPS) is 13.5. The Hall–Kier alpha value is -2.02. The summed E-state index contributed by atoms with van der Waals surface area (Å²) in [6, 6.07) is 0. The van der Waals surface area contributed by atoms with Crippen LogP contribution in [0.4, 0.5) is 0 Å². The number of aryl methyl sites for hydroxylation is 1. The molecule has 7 nitrogen and oxygen atoms in total. The Kier molecular flexibility index (Phi) is 15.6. The van der Waals surface area contributed by atoms with Gasteiger partial charge < -0.3 is 14.9 Å². The van der Waals surface area contributed by atoms with Crippen molar-refractivity contribution >= 4 is 5.97 Å². The third-order valence-corrected chi connectivity index (χ3v) is 8.64. The number of aliphatic carboxylic acids is 1. The van der Waals surface area contributed by atoms with Gasteiger partial charge in [-0.25, -0.2) is 4.79 Å². The monoisotopic (exact) mass is 522 g/mol. The second kappa shape index (κ2) is 17.5. The molecule has 37 heavy (non-hydrogen) atoms. The molecular formula is C30H54N2O5. The first kappa shape index (κ1) is 33.0. The van der Waals surface area contributed by atoms with Crippen molar-refractivity contribution in [3.63, 3.8) is 0 Å². The van der Waals surface area contributed by atoms with Crippen molar-refractivity contribution in [1.29, 1.82) is 0 Å². The van der Waals surface area contributed by atoms with E-state index in [1.54, 1.807) is 4.57 Å². The number of allylic oxidation sites excluding steroid dienone is 1. The Morgan fingerprint density at radius 3 is 2.03 bits per heavy atom. The number of aromatic nitrogens is 2. The lowest BCUT2D eigenvalue weighted by Crippen LogP contribution is -2.24. The second-order valence-electron chi connectivity index (χ2n) is 10.7. The molecule has 0 saturated carbocycles. The summed E-state index contributed by atoms with van der Waals surface area (Å²) in [7, 11) is 0. The topological polar surface area (TPSA) is 93.7 Å². The van der Waals surface area contributed by atoms with E-state index in [9.17, 15) is 14.7 Å². The van der Waals surface area contributed by atoms with E-state index < -0.39 is 5.97 Å². The van der Waals surface area contributed by atoms with Crippen LogP contribution in [-0.4, -0.2) is 38.5 Å². The SMILES string of the molecule is C=CC(CC)(CCCCOCCCCC(CC)(CC)CCCCn1c(O)cn(CC)c1=O)CCC(=O)O. The van der Waals surface area contributed by atoms with E-state index in [1.807, 2.05) is 13.0 Å². The van der Waals surface area contributed by atoms with E-state index in [-0.39, 0.29) is 23.4 Å². The van der Waals surface area contributed by atoms with Crippen LogP contribution in [0.25, 0.3) is 0 Å². The first-order chi connectivity index (χ1) is 17.7. The van der Waals surface area contributed by atoms with Crippen molar-refractivity contribution in [2.45, 2.75) is 131 Å². The number of carboxylic acid groups (broad SMARTS) is 1. The molecule has 0 aliphatic rings. The van der Waals surface area contributed by atoms with Crippen LogP contribution < -0.4 is 5.69 Å². The molecule has 0 aliphatic carbocycles. The van der Waals surface area contributed by atoms with Crippen LogP contribution in [-0.2, 0) is 22.6 Å². The predicted octanol–water partition coefficient (Wildman–Crippen LogP) is 7.16. The van der Waals surface area contributed by atoms with Crippen LogP contribution in [0.2, 0.25) is 0 Å². The fraction of sp³-hybridized carbons (Fsp3) is 0.800. The Labute approximate surface area is 224 Å². The Morgan fingerprint density at radius 1 is 0.946 bits per heavy atom. The van der Waals surface area contributed by atoms with Gasteiger partial charge in [0.2, 0.25) is 5.88 Å². The summed E-state index contributed by atoms with van der Waals surface area (Å²) in [5, 5.41) is 19.0. The summed E-state index contributed by atoms with van der Waals surface area (Å²) in [4.78, 5) is 23.2. The van der Waals surface area contributed by atoms with Gasteiger partial charge in [-0.15, -0.1) is 6.58 Å². The number of hydrogen-bond acceptors (Lipinski definition) is 4. The zero-order chi connectivity index (χ0) is 27.7. The summed E-state index contributed by atoms with van der Waals surface area (Å²) in [6.45, 7) is 15.2. The molecule has 0 bridgehead atoms. The largest absolute Gasteiger partial charge is 0.493 e. The van der Waals surface area contributed by atoms with E-state index in [0.29, 0.717) is 24.9 Å². The Bertz CT molecular complexity index is 840. The fourth-order valence-corrected chi connectivity index (χ4v) is 5.48. The maximum atomic E-state index is 12.3. The van der Waals surface area contributed by atoms with Crippen LogP contribution in [0.5, 0.6) is 5.88 Å². The smallest absolute Gasteiger partial charge is 0.331 e. The molecule has 1 heterocycles. The molecule has 214 valence electrons. The fourth-order valence-electron chi connectivity index (χ4n) is 5.48. The lowest BCUT2D eigenvalue weighted by atomic mass is 9.74. The van der Waals surface area contributed by atoms with Crippen molar-refractivity contribution in [2.75, 3.05) is 13.2 Å². The van der Waals surface area contributed by atoms with Gasteiger partial charge in [0, 0.05) is 32.7 Å². The maximum Gasteiger partial charge on any atom is 0.331 e. The van der Waals surface area contributed by atoms with Crippen LogP contribution in [0.1, 0.15) is 118 Å². The molecule has 7 heteroatoms. The van der Waals surface area contributed by atoms with E-state index in [0.717, 1.165) is 83.8 Å². The van der Waals surface area contributed by atoms with Gasteiger partial charge in [0.25, 0.3) is 0 Å². The summed E-state index contributed by atoms with van der Waals surface area (Å²) in [6.07, 6.45) is 17.1. The lowest BCUT2D eigenvalue weighted by molar-refractivity contribution is -0.137. The van der Waals surface area contributed by atoms with Gasteiger partial charge in [-0.3, -0.25) is 13.9 Å². The first-order valence-electron chi connectivity index (χ1n) is 14.6. The van der Waals surface area contributed by atoms with Gasteiger partial charge in [-0.05, 0) is 69.1 Å². The highest BCUT2D eigenvalue weighted by Gasteiger charge is 2.26. The van der Waals surface area contributed by atoms with Gasteiger partial charge in [0.05, 0.1) is 6.20 Å². The summed E-state index contributed by atoms with van der Waals surface area (Å²) >= 11 is 0. The molecule has 1 aromatic rings. The minimum absolute atomic E-state index is 0.0627. The number of nitrogens with zero attached hydrogens (tertiary/aromatic N) is 2. The van der Waals surface area contributed by atoms with Gasteiger partial charge in [-0.2, -0.15) is 0 Å². The van der Waals surface area contributed by atoms with Crippen molar-refractivity contribution in [1.82, 2.24) is 9.13 Å². The minimum Gasteiger partial charge on any atom is -0.493 e. The quantitative estimate of drug-likeness (QED) is 0.117. The Morgan fingerprint density at radius 2 is 1.54 bits per heavy atom. The number of unbranched alkanes of at least 4 members (excludes halogenated alkanes) is 3. The third-order valence-electron chi connectivity index (χ3n) is 8.64. The second-order valence-corrected chi connectivity index (χ2v) is 10.7. The average molecular weight is 523 g/mol. The minimum atomic E-state index is -0.738. The molecule has 1 aromatic heterocycles. The van der Waals surface area contributed by atoms with Crippen molar-refractivity contribution in [2.24, 2.45) is 10.8 Å². The third kappa shape index (κ3) is 11.1. The number of aromatic hydroxyl groups is 1. The molecule has 0 radical (unpaired) electrons. The molecule has 0 aliphatic heterocycles. The number of carbonyl (C=O) groups is 1. The zero-order valence-electron chi connectivity index (χ0n) is 24.1. The predicted molar refractivity (Wildman–Crippen MR) is 151 cm³/mol. The average Bonchev–Trinajstić information content (AvgIpc) is 3.18. The van der Waals surface area contributed by atoms with Crippen LogP contribution in [0, 0.1) is 10.8 Å². The van der Waals surface area contributed by atoms with Crippen LogP contribution >= 0.6 is 0 Å². The van der Waals surface area contributed by atoms with Gasteiger partial charge in [0.15, 0.2) is 0 Å². The summed E-state index contributed by atoms with van der Waals surface area (Å²) in [5.41, 5.74) is 0.145. The standard InChI is InChI=1S/C30H54N2O5/c1-6-29(7-2,18-11-14-22-32-26(33)25-31(10-5)28(32)36)19-12-15-23-37-24-16-13-20-30(8-3,9-4)21-17-27(34)35/h8,25,33H,3,6-7,9-24H2,1-2,4-5H3,(H,34,35). The highest BCUT2D eigenvalue weighted by molar-refractivity contribution is 5.66. The van der Waals surface area contributed by atoms with E-state index in [2.05, 4.69) is 27.4 Å². The molecule has 0 fully saturated rings. The number of rotatable bonds is 23. The molecular weight excluding hydrogens is 468 g/mol. The maximum absolute atomic E-state index is 12.3. The number of imidazole rings is 1. The van der Waals surface area contributed by atoms with Gasteiger partial charge in [0.1, 0.15) is 0 Å². The molecule has 1 unspecified atom stereocenters. The molecule has 0 saturated heterocycles. The number of hydrogen-bond donors (Lipinski definition) is 2. The van der Waals surface area contributed by atoms with Gasteiger partial charge >= 0.3 is 11.7 Å². The highest BCUT2D eigenvalue weighted by atomic mass is 16.5. The number of carboxylic acids is 1. The molecule has 0 amide bonds. The number of ether oxygens (including phenoxy) is 1. The molecule has 0 spiro atoms. The van der Waals surface area contributed by atoms with E-state index in [4.69, 9.17) is 9.84 Å². The van der Waals surface area contributed by atoms with E-state index in [1.165, 1.54) is 17.2 Å². The van der Waals surface area contributed by atoms with Crippen LogP contribution in [0.3, 0.4) is 0 Å². The van der Waals surface area contributed by atoms with Crippen LogP contribution in [0.15, 0.2) is 23.6 Å².